The molecule has 3 rings (SSSR count). The van der Waals surface area contributed by atoms with Crippen molar-refractivity contribution in [2.45, 2.75) is 13.3 Å². The van der Waals surface area contributed by atoms with Crippen LogP contribution in [-0.2, 0) is 23.9 Å². The van der Waals surface area contributed by atoms with E-state index < -0.39 is 24.4 Å². The Morgan fingerprint density at radius 1 is 1.09 bits per heavy atom. The lowest BCUT2D eigenvalue weighted by Gasteiger charge is -2.19. The second-order valence-electron chi connectivity index (χ2n) is 7.14. The molecule has 1 aliphatic heterocycles. The van der Waals surface area contributed by atoms with Crippen LogP contribution < -0.4 is 20.3 Å². The standard InChI is InChI=1S/C22H22ClN3O6/c1-13(27)24-16-4-6-17(7-5-16)25-20(28)12-32-22(30)14-9-21(29)26(11-14)18-10-15(23)3-8-19(18)31-2/h3-8,10,14H,9,11-12H2,1-2H3,(H,24,27)(H,25,28)/t14-/m0/s1. The van der Waals surface area contributed by atoms with E-state index in [1.807, 2.05) is 0 Å². The van der Waals surface area contributed by atoms with Gasteiger partial charge in [0, 0.05) is 36.3 Å². The van der Waals surface area contributed by atoms with Gasteiger partial charge in [-0.05, 0) is 42.5 Å². The van der Waals surface area contributed by atoms with E-state index >= 15 is 0 Å². The molecule has 1 atom stereocenters. The number of benzene rings is 2. The molecule has 32 heavy (non-hydrogen) atoms. The lowest BCUT2D eigenvalue weighted by Crippen LogP contribution is -2.28. The first-order chi connectivity index (χ1) is 15.3. The number of esters is 1. The first-order valence-electron chi connectivity index (χ1n) is 9.75. The summed E-state index contributed by atoms with van der Waals surface area (Å²) in [5.74, 6) is -1.89. The Hall–Kier alpha value is -3.59. The highest BCUT2D eigenvalue weighted by molar-refractivity contribution is 6.31. The SMILES string of the molecule is COc1ccc(Cl)cc1N1C[C@@H](C(=O)OCC(=O)Nc2ccc(NC(C)=O)cc2)CC1=O. The van der Waals surface area contributed by atoms with Crippen molar-refractivity contribution in [1.82, 2.24) is 0 Å². The number of amides is 3. The van der Waals surface area contributed by atoms with Gasteiger partial charge in [-0.2, -0.15) is 0 Å². The molecule has 3 amide bonds. The summed E-state index contributed by atoms with van der Waals surface area (Å²) in [7, 11) is 1.48. The predicted octanol–water partition coefficient (Wildman–Crippen LogP) is 2.84. The van der Waals surface area contributed by atoms with E-state index in [2.05, 4.69) is 10.6 Å². The molecule has 1 saturated heterocycles. The summed E-state index contributed by atoms with van der Waals surface area (Å²) < 4.78 is 10.4. The Labute approximate surface area is 189 Å². The second kappa shape index (κ2) is 10.1. The summed E-state index contributed by atoms with van der Waals surface area (Å²) in [6.07, 6.45) is -0.0409. The lowest BCUT2D eigenvalue weighted by atomic mass is 10.1. The fourth-order valence-electron chi connectivity index (χ4n) is 3.26. The van der Waals surface area contributed by atoms with Crippen molar-refractivity contribution >= 4 is 52.4 Å². The average Bonchev–Trinajstić information content (AvgIpc) is 3.14. The van der Waals surface area contributed by atoms with Crippen LogP contribution in [0.15, 0.2) is 42.5 Å². The van der Waals surface area contributed by atoms with E-state index in [-0.39, 0.29) is 24.8 Å². The van der Waals surface area contributed by atoms with Crippen LogP contribution in [0.3, 0.4) is 0 Å². The van der Waals surface area contributed by atoms with E-state index in [1.165, 1.54) is 18.9 Å². The molecular formula is C22H22ClN3O6. The number of rotatable bonds is 7. The molecule has 2 aromatic rings. The summed E-state index contributed by atoms with van der Waals surface area (Å²) in [6.45, 7) is 1.00. The maximum Gasteiger partial charge on any atom is 0.311 e. The number of carbonyl (C=O) groups excluding carboxylic acids is 4. The molecule has 2 aromatic carbocycles. The van der Waals surface area contributed by atoms with Crippen molar-refractivity contribution in [3.05, 3.63) is 47.5 Å². The number of hydrogen-bond acceptors (Lipinski definition) is 6. The summed E-state index contributed by atoms with van der Waals surface area (Å²) in [5.41, 5.74) is 1.55. The van der Waals surface area contributed by atoms with Gasteiger partial charge in [-0.25, -0.2) is 0 Å². The molecule has 168 valence electrons. The molecule has 0 bridgehead atoms. The molecule has 0 radical (unpaired) electrons. The number of hydrogen-bond donors (Lipinski definition) is 2. The van der Waals surface area contributed by atoms with Crippen LogP contribution >= 0.6 is 11.6 Å². The fraction of sp³-hybridized carbons (Fsp3) is 0.273. The molecule has 0 saturated carbocycles. The number of nitrogens with one attached hydrogen (secondary N) is 2. The van der Waals surface area contributed by atoms with Crippen molar-refractivity contribution in [2.24, 2.45) is 5.92 Å². The van der Waals surface area contributed by atoms with Gasteiger partial charge in [0.15, 0.2) is 6.61 Å². The lowest BCUT2D eigenvalue weighted by molar-refractivity contribution is -0.151. The van der Waals surface area contributed by atoms with E-state index in [9.17, 15) is 19.2 Å². The summed E-state index contributed by atoms with van der Waals surface area (Å²) >= 11 is 6.03. The van der Waals surface area contributed by atoms with Gasteiger partial charge in [-0.15, -0.1) is 0 Å². The fourth-order valence-corrected chi connectivity index (χ4v) is 3.43. The zero-order chi connectivity index (χ0) is 23.3. The summed E-state index contributed by atoms with van der Waals surface area (Å²) in [6, 6.07) is 11.4. The number of methoxy groups -OCH3 is 1. The van der Waals surface area contributed by atoms with Crippen molar-refractivity contribution in [1.29, 1.82) is 0 Å². The highest BCUT2D eigenvalue weighted by Crippen LogP contribution is 2.35. The first kappa shape index (κ1) is 23.1. The summed E-state index contributed by atoms with van der Waals surface area (Å²) in [5, 5.41) is 5.65. The van der Waals surface area contributed by atoms with E-state index in [4.69, 9.17) is 21.1 Å². The normalized spacial score (nSPS) is 15.3. The number of nitrogens with zero attached hydrogens (tertiary/aromatic N) is 1. The molecule has 1 aliphatic rings. The maximum atomic E-state index is 12.5. The van der Waals surface area contributed by atoms with E-state index in [0.29, 0.717) is 27.8 Å². The minimum absolute atomic E-state index is 0.0409. The van der Waals surface area contributed by atoms with Gasteiger partial charge in [-0.1, -0.05) is 11.6 Å². The molecule has 0 aromatic heterocycles. The number of ether oxygens (including phenoxy) is 2. The third-order valence-corrected chi connectivity index (χ3v) is 4.96. The third-order valence-electron chi connectivity index (χ3n) is 4.72. The van der Waals surface area contributed by atoms with Crippen LogP contribution in [0.1, 0.15) is 13.3 Å². The van der Waals surface area contributed by atoms with Gasteiger partial charge in [-0.3, -0.25) is 19.2 Å². The number of halogens is 1. The Bertz CT molecular complexity index is 1040. The van der Waals surface area contributed by atoms with Crippen LogP contribution in [0.5, 0.6) is 5.75 Å². The Kier molecular flexibility index (Phi) is 7.32. The van der Waals surface area contributed by atoms with Crippen LogP contribution in [0.25, 0.3) is 0 Å². The van der Waals surface area contributed by atoms with Crippen LogP contribution in [0.4, 0.5) is 17.1 Å². The monoisotopic (exact) mass is 459 g/mol. The number of anilines is 3. The van der Waals surface area contributed by atoms with Crippen molar-refractivity contribution in [2.75, 3.05) is 35.8 Å². The van der Waals surface area contributed by atoms with Gasteiger partial charge in [0.1, 0.15) is 5.75 Å². The molecule has 0 spiro atoms. The van der Waals surface area contributed by atoms with Gasteiger partial charge in [0.05, 0.1) is 18.7 Å². The van der Waals surface area contributed by atoms with Gasteiger partial charge < -0.3 is 25.0 Å². The minimum Gasteiger partial charge on any atom is -0.495 e. The zero-order valence-electron chi connectivity index (χ0n) is 17.5. The topological polar surface area (TPSA) is 114 Å². The molecule has 1 heterocycles. The molecule has 0 aliphatic carbocycles. The largest absolute Gasteiger partial charge is 0.495 e. The summed E-state index contributed by atoms with van der Waals surface area (Å²) in [4.78, 5) is 49.4. The van der Waals surface area contributed by atoms with Crippen LogP contribution in [-0.4, -0.2) is 44.0 Å². The van der Waals surface area contributed by atoms with Gasteiger partial charge in [0.25, 0.3) is 5.91 Å². The van der Waals surface area contributed by atoms with Gasteiger partial charge in [0.2, 0.25) is 11.8 Å². The van der Waals surface area contributed by atoms with Crippen LogP contribution in [0.2, 0.25) is 5.02 Å². The zero-order valence-corrected chi connectivity index (χ0v) is 18.3. The molecular weight excluding hydrogens is 438 g/mol. The maximum absolute atomic E-state index is 12.5. The molecule has 1 fully saturated rings. The highest BCUT2D eigenvalue weighted by Gasteiger charge is 2.37. The average molecular weight is 460 g/mol. The van der Waals surface area contributed by atoms with Crippen molar-refractivity contribution in [3.8, 4) is 5.75 Å². The van der Waals surface area contributed by atoms with E-state index in [1.54, 1.807) is 42.5 Å². The van der Waals surface area contributed by atoms with Crippen LogP contribution in [0, 0.1) is 5.92 Å². The third kappa shape index (κ3) is 5.76. The molecule has 0 unspecified atom stereocenters. The van der Waals surface area contributed by atoms with Crippen molar-refractivity contribution < 1.29 is 28.7 Å². The Balaban J connectivity index is 1.53. The van der Waals surface area contributed by atoms with Crippen molar-refractivity contribution in [3.63, 3.8) is 0 Å². The highest BCUT2D eigenvalue weighted by atomic mass is 35.5. The smallest absolute Gasteiger partial charge is 0.311 e. The first-order valence-corrected chi connectivity index (χ1v) is 10.1. The molecule has 10 heteroatoms. The number of carbonyl (C=O) groups is 4. The Morgan fingerprint density at radius 2 is 1.75 bits per heavy atom. The minimum atomic E-state index is -0.712. The van der Waals surface area contributed by atoms with E-state index in [0.717, 1.165) is 0 Å². The Morgan fingerprint density at radius 3 is 2.38 bits per heavy atom. The quantitative estimate of drug-likeness (QED) is 0.615. The predicted molar refractivity (Wildman–Crippen MR) is 119 cm³/mol. The van der Waals surface area contributed by atoms with Gasteiger partial charge >= 0.3 is 5.97 Å². The second-order valence-corrected chi connectivity index (χ2v) is 7.57. The molecule has 9 nitrogen and oxygen atoms in total. The molecule has 2 N–H and O–H groups in total.